The quantitative estimate of drug-likeness (QED) is 0.879. The third-order valence-electron chi connectivity index (χ3n) is 3.20. The number of nitrogens with two attached hydrogens (primary N) is 1. The molecule has 2 N–H and O–H groups in total. The molecule has 19 heavy (non-hydrogen) atoms. The molecule has 2 rings (SSSR count). The zero-order valence-corrected chi connectivity index (χ0v) is 11.4. The number of benzene rings is 1. The van der Waals surface area contributed by atoms with E-state index in [4.69, 9.17) is 5.73 Å². The van der Waals surface area contributed by atoms with Gasteiger partial charge in [0.15, 0.2) is 0 Å². The van der Waals surface area contributed by atoms with Crippen LogP contribution in [-0.4, -0.2) is 14.3 Å². The first-order chi connectivity index (χ1) is 9.11. The summed E-state index contributed by atoms with van der Waals surface area (Å²) in [5.41, 5.74) is 8.32. The van der Waals surface area contributed by atoms with Gasteiger partial charge in [0.25, 0.3) is 0 Å². The Morgan fingerprint density at radius 2 is 2.00 bits per heavy atom. The van der Waals surface area contributed by atoms with Gasteiger partial charge in [0.05, 0.1) is 6.54 Å². The van der Waals surface area contributed by atoms with Gasteiger partial charge in [-0.1, -0.05) is 37.6 Å². The van der Waals surface area contributed by atoms with E-state index in [-0.39, 0.29) is 11.7 Å². The van der Waals surface area contributed by atoms with E-state index >= 15 is 0 Å². The second-order valence-electron chi connectivity index (χ2n) is 4.80. The second kappa shape index (κ2) is 5.84. The number of aromatic nitrogens is 3. The van der Waals surface area contributed by atoms with Crippen LogP contribution in [0.3, 0.4) is 0 Å². The predicted octanol–water partition coefficient (Wildman–Crippen LogP) is 1.23. The normalized spacial score (nSPS) is 12.6. The Morgan fingerprint density at radius 3 is 2.53 bits per heavy atom. The van der Waals surface area contributed by atoms with Crippen molar-refractivity contribution < 1.29 is 0 Å². The number of aryl methyl sites for hydroxylation is 2. The highest BCUT2D eigenvalue weighted by molar-refractivity contribution is 5.24. The van der Waals surface area contributed by atoms with Gasteiger partial charge >= 0.3 is 5.69 Å². The number of hydrogen-bond acceptors (Lipinski definition) is 3. The minimum absolute atomic E-state index is 0.141. The Kier molecular flexibility index (Phi) is 4.16. The molecule has 5 heteroatoms. The summed E-state index contributed by atoms with van der Waals surface area (Å²) in [6.07, 6.45) is 3.71. The molecule has 0 fully saturated rings. The largest absolute Gasteiger partial charge is 0.345 e. The highest BCUT2D eigenvalue weighted by Crippen LogP contribution is 2.13. The highest BCUT2D eigenvalue weighted by Gasteiger charge is 2.10. The highest BCUT2D eigenvalue weighted by atomic mass is 16.2. The van der Waals surface area contributed by atoms with Crippen molar-refractivity contribution in [2.24, 2.45) is 12.8 Å². The van der Waals surface area contributed by atoms with Crippen molar-refractivity contribution in [3.63, 3.8) is 0 Å². The fourth-order valence-corrected chi connectivity index (χ4v) is 2.06. The minimum atomic E-state index is -0.219. The van der Waals surface area contributed by atoms with Crippen LogP contribution in [0.1, 0.15) is 30.5 Å². The lowest BCUT2D eigenvalue weighted by atomic mass is 10.0. The van der Waals surface area contributed by atoms with Crippen molar-refractivity contribution in [2.45, 2.75) is 32.4 Å². The molecule has 0 aliphatic rings. The molecule has 0 saturated carbocycles. The van der Waals surface area contributed by atoms with Gasteiger partial charge in [-0.05, 0) is 17.5 Å². The molecule has 1 aromatic carbocycles. The molecule has 2 aromatic rings. The molecule has 1 heterocycles. The van der Waals surface area contributed by atoms with Crippen molar-refractivity contribution in [1.82, 2.24) is 14.3 Å². The van der Waals surface area contributed by atoms with Crippen LogP contribution in [0.2, 0.25) is 0 Å². The first-order valence-electron chi connectivity index (χ1n) is 6.54. The van der Waals surface area contributed by atoms with Crippen LogP contribution in [0.25, 0.3) is 0 Å². The van der Waals surface area contributed by atoms with Crippen LogP contribution in [0.5, 0.6) is 0 Å². The summed E-state index contributed by atoms with van der Waals surface area (Å²) in [6, 6.07) is 8.04. The Hall–Kier alpha value is -1.88. The van der Waals surface area contributed by atoms with Gasteiger partial charge in [0.1, 0.15) is 6.33 Å². The van der Waals surface area contributed by atoms with E-state index in [2.05, 4.69) is 24.2 Å². The first kappa shape index (κ1) is 13.5. The summed E-state index contributed by atoms with van der Waals surface area (Å²) in [5.74, 6) is 0. The molecule has 5 nitrogen and oxygen atoms in total. The van der Waals surface area contributed by atoms with Crippen molar-refractivity contribution in [2.75, 3.05) is 0 Å². The first-order valence-corrected chi connectivity index (χ1v) is 6.54. The molecule has 102 valence electrons. The summed E-state index contributed by atoms with van der Waals surface area (Å²) in [7, 11) is 1.68. The fraction of sp³-hybridized carbons (Fsp3) is 0.429. The number of hydrogen-bond donors (Lipinski definition) is 1. The van der Waals surface area contributed by atoms with Gasteiger partial charge in [0, 0.05) is 13.1 Å². The molecule has 0 aliphatic heterocycles. The maximum absolute atomic E-state index is 11.7. The van der Waals surface area contributed by atoms with Crippen LogP contribution >= 0.6 is 0 Å². The van der Waals surface area contributed by atoms with Gasteiger partial charge in [-0.15, -0.1) is 0 Å². The van der Waals surface area contributed by atoms with Crippen LogP contribution in [0.15, 0.2) is 35.4 Å². The van der Waals surface area contributed by atoms with E-state index in [1.807, 2.05) is 12.1 Å². The smallest absolute Gasteiger partial charge is 0.322 e. The van der Waals surface area contributed by atoms with Gasteiger partial charge in [-0.2, -0.15) is 5.10 Å². The molecule has 1 aromatic heterocycles. The topological polar surface area (TPSA) is 65.8 Å². The van der Waals surface area contributed by atoms with E-state index in [1.54, 1.807) is 7.05 Å². The van der Waals surface area contributed by atoms with Crippen molar-refractivity contribution in [3.8, 4) is 0 Å². The van der Waals surface area contributed by atoms with E-state index < -0.39 is 0 Å². The lowest BCUT2D eigenvalue weighted by Gasteiger charge is -2.12. The number of rotatable bonds is 5. The monoisotopic (exact) mass is 260 g/mol. The standard InChI is InChI=1S/C14H20N4O/c1-3-4-11-5-7-12(8-6-11)13(15)9-18-14(19)17(2)10-16-18/h5-8,10,13H,3-4,9,15H2,1-2H3. The molecule has 0 aliphatic carbocycles. The number of nitrogens with zero attached hydrogens (tertiary/aromatic N) is 3. The van der Waals surface area contributed by atoms with Crippen LogP contribution in [0, 0.1) is 0 Å². The molecule has 1 unspecified atom stereocenters. The van der Waals surface area contributed by atoms with E-state index in [1.165, 1.54) is 21.1 Å². The fourth-order valence-electron chi connectivity index (χ4n) is 2.06. The van der Waals surface area contributed by atoms with Crippen LogP contribution in [-0.2, 0) is 20.0 Å². The molecular formula is C14H20N4O. The lowest BCUT2D eigenvalue weighted by Crippen LogP contribution is -2.28. The van der Waals surface area contributed by atoms with Gasteiger partial charge < -0.3 is 5.73 Å². The molecule has 0 spiro atoms. The molecule has 1 atom stereocenters. The Labute approximate surface area is 112 Å². The van der Waals surface area contributed by atoms with Crippen LogP contribution < -0.4 is 11.4 Å². The van der Waals surface area contributed by atoms with E-state index in [0.29, 0.717) is 6.54 Å². The van der Waals surface area contributed by atoms with Crippen molar-refractivity contribution >= 4 is 0 Å². The Morgan fingerprint density at radius 1 is 1.32 bits per heavy atom. The van der Waals surface area contributed by atoms with Gasteiger partial charge in [0.2, 0.25) is 0 Å². The summed E-state index contributed by atoms with van der Waals surface area (Å²) in [5, 5.41) is 4.01. The molecule has 0 amide bonds. The lowest BCUT2D eigenvalue weighted by molar-refractivity contribution is 0.508. The van der Waals surface area contributed by atoms with Crippen LogP contribution in [0.4, 0.5) is 0 Å². The third kappa shape index (κ3) is 3.12. The summed E-state index contributed by atoms with van der Waals surface area (Å²) >= 11 is 0. The molecule has 0 bridgehead atoms. The molecule has 0 saturated heterocycles. The van der Waals surface area contributed by atoms with Gasteiger partial charge in [-0.3, -0.25) is 4.57 Å². The molecule has 0 radical (unpaired) electrons. The van der Waals surface area contributed by atoms with Gasteiger partial charge in [-0.25, -0.2) is 9.48 Å². The van der Waals surface area contributed by atoms with E-state index in [0.717, 1.165) is 18.4 Å². The Balaban J connectivity index is 2.09. The zero-order chi connectivity index (χ0) is 13.8. The summed E-state index contributed by atoms with van der Waals surface area (Å²) < 4.78 is 2.84. The zero-order valence-electron chi connectivity index (χ0n) is 11.4. The maximum Gasteiger partial charge on any atom is 0.345 e. The van der Waals surface area contributed by atoms with E-state index in [9.17, 15) is 4.79 Å². The predicted molar refractivity (Wildman–Crippen MR) is 74.8 cm³/mol. The summed E-state index contributed by atoms with van der Waals surface area (Å²) in [4.78, 5) is 11.7. The average molecular weight is 260 g/mol. The van der Waals surface area contributed by atoms with Crippen molar-refractivity contribution in [3.05, 3.63) is 52.2 Å². The second-order valence-corrected chi connectivity index (χ2v) is 4.80. The molecular weight excluding hydrogens is 240 g/mol. The maximum atomic E-state index is 11.7. The average Bonchev–Trinajstić information content (AvgIpc) is 2.72. The SMILES string of the molecule is CCCc1ccc(C(N)Cn2ncn(C)c2=O)cc1. The Bertz CT molecular complexity index is 582. The minimum Gasteiger partial charge on any atom is -0.322 e. The van der Waals surface area contributed by atoms with Crippen molar-refractivity contribution in [1.29, 1.82) is 0 Å². The third-order valence-corrected chi connectivity index (χ3v) is 3.20. The summed E-state index contributed by atoms with van der Waals surface area (Å²) in [6.45, 7) is 2.56.